The number of piperazine rings is 1. The van der Waals surface area contributed by atoms with E-state index in [1.54, 1.807) is 0 Å². The highest BCUT2D eigenvalue weighted by atomic mass is 32.2. The highest BCUT2D eigenvalue weighted by molar-refractivity contribution is 7.89. The maximum atomic E-state index is 13.0. The van der Waals surface area contributed by atoms with Crippen LogP contribution in [-0.4, -0.2) is 61.8 Å². The van der Waals surface area contributed by atoms with Crippen LogP contribution in [0.1, 0.15) is 20.3 Å². The van der Waals surface area contributed by atoms with E-state index in [2.05, 4.69) is 5.32 Å². The van der Waals surface area contributed by atoms with Gasteiger partial charge in [-0.3, -0.25) is 4.79 Å². The second-order valence-electron chi connectivity index (χ2n) is 6.87. The van der Waals surface area contributed by atoms with Gasteiger partial charge < -0.3 is 16.0 Å². The molecule has 10 heteroatoms. The normalized spacial score (nSPS) is 17.0. The summed E-state index contributed by atoms with van der Waals surface area (Å²) in [6.07, 6.45) is 0.440. The number of amides is 3. The molecule has 1 aliphatic rings. The molecule has 150 valence electrons. The number of carbonyl (C=O) groups excluding carboxylic acids is 2. The van der Waals surface area contributed by atoms with Gasteiger partial charge in [-0.05, 0) is 36.6 Å². The SMILES string of the molecule is CC(C)C[C@H](NC(N)=O)C(=O)N1CCN(S(=O)(=O)c2ccc(F)cc2)CC1. The minimum atomic E-state index is -3.75. The number of carbonyl (C=O) groups is 2. The minimum Gasteiger partial charge on any atom is -0.352 e. The van der Waals surface area contributed by atoms with E-state index >= 15 is 0 Å². The third-order valence-electron chi connectivity index (χ3n) is 4.32. The quantitative estimate of drug-likeness (QED) is 0.733. The van der Waals surface area contributed by atoms with Gasteiger partial charge in [0.15, 0.2) is 0 Å². The van der Waals surface area contributed by atoms with Crippen molar-refractivity contribution in [3.63, 3.8) is 0 Å². The van der Waals surface area contributed by atoms with Crippen molar-refractivity contribution in [3.8, 4) is 0 Å². The largest absolute Gasteiger partial charge is 0.352 e. The molecule has 1 fully saturated rings. The first-order chi connectivity index (χ1) is 12.6. The zero-order valence-corrected chi connectivity index (χ0v) is 16.2. The number of primary amides is 1. The third-order valence-corrected chi connectivity index (χ3v) is 6.24. The van der Waals surface area contributed by atoms with Crippen LogP contribution < -0.4 is 11.1 Å². The van der Waals surface area contributed by atoms with E-state index in [0.717, 1.165) is 12.1 Å². The number of hydrogen-bond donors (Lipinski definition) is 2. The molecule has 3 N–H and O–H groups in total. The fraction of sp³-hybridized carbons (Fsp3) is 0.529. The molecule has 0 unspecified atom stereocenters. The summed E-state index contributed by atoms with van der Waals surface area (Å²) >= 11 is 0. The summed E-state index contributed by atoms with van der Waals surface area (Å²) in [6.45, 7) is 4.50. The summed E-state index contributed by atoms with van der Waals surface area (Å²) in [5.74, 6) is -0.616. The first kappa shape index (κ1) is 21.1. The van der Waals surface area contributed by atoms with E-state index in [1.807, 2.05) is 13.8 Å². The van der Waals surface area contributed by atoms with Gasteiger partial charge in [-0.15, -0.1) is 0 Å². The smallest absolute Gasteiger partial charge is 0.312 e. The summed E-state index contributed by atoms with van der Waals surface area (Å²) in [6, 6.07) is 3.13. The van der Waals surface area contributed by atoms with Crippen LogP contribution in [0.5, 0.6) is 0 Å². The maximum absolute atomic E-state index is 13.0. The molecule has 0 radical (unpaired) electrons. The summed E-state index contributed by atoms with van der Waals surface area (Å²) in [5.41, 5.74) is 5.16. The zero-order chi connectivity index (χ0) is 20.2. The van der Waals surface area contributed by atoms with Crippen molar-refractivity contribution in [2.45, 2.75) is 31.2 Å². The molecule has 0 spiro atoms. The Bertz CT molecular complexity index is 775. The lowest BCUT2D eigenvalue weighted by molar-refractivity contribution is -0.134. The van der Waals surface area contributed by atoms with Crippen molar-refractivity contribution in [1.82, 2.24) is 14.5 Å². The Morgan fingerprint density at radius 1 is 1.15 bits per heavy atom. The van der Waals surface area contributed by atoms with Gasteiger partial charge in [-0.2, -0.15) is 4.31 Å². The molecule has 1 aliphatic heterocycles. The molecule has 0 saturated carbocycles. The molecule has 1 aromatic rings. The molecule has 0 bridgehead atoms. The van der Waals surface area contributed by atoms with Gasteiger partial charge in [-0.1, -0.05) is 13.8 Å². The van der Waals surface area contributed by atoms with Gasteiger partial charge in [0.25, 0.3) is 0 Å². The fourth-order valence-electron chi connectivity index (χ4n) is 2.99. The van der Waals surface area contributed by atoms with Gasteiger partial charge in [0.2, 0.25) is 15.9 Å². The highest BCUT2D eigenvalue weighted by Crippen LogP contribution is 2.19. The van der Waals surface area contributed by atoms with Crippen molar-refractivity contribution in [2.75, 3.05) is 26.2 Å². The van der Waals surface area contributed by atoms with Crippen LogP contribution in [0.15, 0.2) is 29.2 Å². The molecule has 1 saturated heterocycles. The number of benzene rings is 1. The minimum absolute atomic E-state index is 0.0109. The van der Waals surface area contributed by atoms with Crippen molar-refractivity contribution in [1.29, 1.82) is 0 Å². The lowest BCUT2D eigenvalue weighted by Gasteiger charge is -2.36. The van der Waals surface area contributed by atoms with Gasteiger partial charge >= 0.3 is 6.03 Å². The summed E-state index contributed by atoms with van der Waals surface area (Å²) in [4.78, 5) is 25.4. The molecular formula is C17H25FN4O4S. The molecule has 1 aromatic carbocycles. The number of rotatable bonds is 6. The number of nitrogens with two attached hydrogens (primary N) is 1. The zero-order valence-electron chi connectivity index (χ0n) is 15.4. The van der Waals surface area contributed by atoms with Crippen LogP contribution in [-0.2, 0) is 14.8 Å². The van der Waals surface area contributed by atoms with Crippen LogP contribution >= 0.6 is 0 Å². The van der Waals surface area contributed by atoms with E-state index in [-0.39, 0.29) is 42.9 Å². The number of urea groups is 1. The predicted octanol–water partition coefficient (Wildman–Crippen LogP) is 0.742. The average molecular weight is 400 g/mol. The first-order valence-electron chi connectivity index (χ1n) is 8.71. The second-order valence-corrected chi connectivity index (χ2v) is 8.81. The second kappa shape index (κ2) is 8.66. The Kier molecular flexibility index (Phi) is 6.77. The molecule has 8 nitrogen and oxygen atoms in total. The van der Waals surface area contributed by atoms with Crippen LogP contribution in [0.2, 0.25) is 0 Å². The average Bonchev–Trinajstić information content (AvgIpc) is 2.60. The maximum Gasteiger partial charge on any atom is 0.312 e. The van der Waals surface area contributed by atoms with Crippen molar-refractivity contribution >= 4 is 22.0 Å². The lowest BCUT2D eigenvalue weighted by atomic mass is 10.0. The number of nitrogens with zero attached hydrogens (tertiary/aromatic N) is 2. The van der Waals surface area contributed by atoms with E-state index in [1.165, 1.54) is 21.3 Å². The molecule has 0 aromatic heterocycles. The highest BCUT2D eigenvalue weighted by Gasteiger charge is 2.33. The van der Waals surface area contributed by atoms with E-state index in [9.17, 15) is 22.4 Å². The van der Waals surface area contributed by atoms with E-state index in [4.69, 9.17) is 5.73 Å². The Balaban J connectivity index is 2.03. The number of halogens is 1. The number of sulfonamides is 1. The Morgan fingerprint density at radius 3 is 2.19 bits per heavy atom. The monoisotopic (exact) mass is 400 g/mol. The molecule has 3 amide bonds. The standard InChI is InChI=1S/C17H25FN4O4S/c1-12(2)11-15(20-17(19)24)16(23)21-7-9-22(10-8-21)27(25,26)14-5-3-13(18)4-6-14/h3-6,12,15H,7-11H2,1-2H3,(H3,19,20,24)/t15-/m0/s1. The molecule has 1 atom stereocenters. The number of nitrogens with one attached hydrogen (secondary N) is 1. The van der Waals surface area contributed by atoms with E-state index < -0.39 is 27.9 Å². The molecule has 2 rings (SSSR count). The Morgan fingerprint density at radius 2 is 1.70 bits per heavy atom. The predicted molar refractivity (Wildman–Crippen MR) is 97.7 cm³/mol. The summed E-state index contributed by atoms with van der Waals surface area (Å²) in [7, 11) is -3.75. The van der Waals surface area contributed by atoms with Crippen molar-refractivity contribution < 1.29 is 22.4 Å². The molecule has 0 aliphatic carbocycles. The van der Waals surface area contributed by atoms with Crippen molar-refractivity contribution in [2.24, 2.45) is 11.7 Å². The van der Waals surface area contributed by atoms with Gasteiger partial charge in [0.05, 0.1) is 4.90 Å². The van der Waals surface area contributed by atoms with Gasteiger partial charge in [-0.25, -0.2) is 17.6 Å². The first-order valence-corrected chi connectivity index (χ1v) is 10.2. The van der Waals surface area contributed by atoms with Crippen LogP contribution in [0.3, 0.4) is 0 Å². The van der Waals surface area contributed by atoms with Crippen LogP contribution in [0.25, 0.3) is 0 Å². The number of hydrogen-bond acceptors (Lipinski definition) is 4. The summed E-state index contributed by atoms with van der Waals surface area (Å²) in [5, 5.41) is 2.46. The fourth-order valence-corrected chi connectivity index (χ4v) is 4.41. The Hall–Kier alpha value is -2.20. The summed E-state index contributed by atoms with van der Waals surface area (Å²) < 4.78 is 39.5. The van der Waals surface area contributed by atoms with Crippen molar-refractivity contribution in [3.05, 3.63) is 30.1 Å². The van der Waals surface area contributed by atoms with Crippen LogP contribution in [0.4, 0.5) is 9.18 Å². The third kappa shape index (κ3) is 5.39. The lowest BCUT2D eigenvalue weighted by Crippen LogP contribution is -2.56. The van der Waals surface area contributed by atoms with Gasteiger partial charge in [0.1, 0.15) is 11.9 Å². The van der Waals surface area contributed by atoms with Gasteiger partial charge in [0, 0.05) is 26.2 Å². The molecular weight excluding hydrogens is 375 g/mol. The molecule has 1 heterocycles. The van der Waals surface area contributed by atoms with E-state index in [0.29, 0.717) is 6.42 Å². The Labute approximate surface area is 158 Å². The molecule has 27 heavy (non-hydrogen) atoms. The van der Waals surface area contributed by atoms with Crippen LogP contribution in [0, 0.1) is 11.7 Å². The topological polar surface area (TPSA) is 113 Å².